The Morgan fingerprint density at radius 1 is 1.38 bits per heavy atom. The fourth-order valence-electron chi connectivity index (χ4n) is 2.79. The van der Waals surface area contributed by atoms with Gasteiger partial charge in [-0.25, -0.2) is 0 Å². The standard InChI is InChI=1S/C17H27N3O/c1-13(2)9-15(11-18)10-17(21)20(16-3-4-16)12-14-5-7-19-8-6-14/h5-8,13,15-16H,3-4,9-12,18H2,1-2H3. The van der Waals surface area contributed by atoms with Crippen molar-refractivity contribution >= 4 is 5.91 Å². The van der Waals surface area contributed by atoms with Crippen LogP contribution in [0.2, 0.25) is 0 Å². The van der Waals surface area contributed by atoms with Crippen molar-refractivity contribution in [1.82, 2.24) is 9.88 Å². The predicted octanol–water partition coefficient (Wildman–Crippen LogP) is 2.58. The minimum Gasteiger partial charge on any atom is -0.335 e. The Labute approximate surface area is 127 Å². The van der Waals surface area contributed by atoms with Gasteiger partial charge in [0.15, 0.2) is 0 Å². The number of amides is 1. The quantitative estimate of drug-likeness (QED) is 0.800. The highest BCUT2D eigenvalue weighted by Gasteiger charge is 2.33. The summed E-state index contributed by atoms with van der Waals surface area (Å²) in [5.74, 6) is 1.14. The van der Waals surface area contributed by atoms with Crippen LogP contribution in [0.25, 0.3) is 0 Å². The molecule has 0 saturated heterocycles. The van der Waals surface area contributed by atoms with Crippen molar-refractivity contribution in [1.29, 1.82) is 0 Å². The van der Waals surface area contributed by atoms with Gasteiger partial charge in [0.2, 0.25) is 5.91 Å². The van der Waals surface area contributed by atoms with Crippen LogP contribution in [-0.4, -0.2) is 28.4 Å². The summed E-state index contributed by atoms with van der Waals surface area (Å²) in [4.78, 5) is 18.7. The zero-order valence-electron chi connectivity index (χ0n) is 13.2. The SMILES string of the molecule is CC(C)CC(CN)CC(=O)N(Cc1ccncc1)C1CC1. The van der Waals surface area contributed by atoms with Gasteiger partial charge < -0.3 is 10.6 Å². The second-order valence-corrected chi connectivity index (χ2v) is 6.54. The maximum atomic E-state index is 12.6. The van der Waals surface area contributed by atoms with Crippen molar-refractivity contribution in [3.8, 4) is 0 Å². The van der Waals surface area contributed by atoms with Gasteiger partial charge in [-0.3, -0.25) is 9.78 Å². The van der Waals surface area contributed by atoms with E-state index < -0.39 is 0 Å². The third-order valence-corrected chi connectivity index (χ3v) is 4.01. The van der Waals surface area contributed by atoms with Gasteiger partial charge in [0.1, 0.15) is 0 Å². The van der Waals surface area contributed by atoms with Crippen LogP contribution in [0.3, 0.4) is 0 Å². The number of carbonyl (C=O) groups is 1. The first-order valence-electron chi connectivity index (χ1n) is 7.98. The number of aromatic nitrogens is 1. The monoisotopic (exact) mass is 289 g/mol. The van der Waals surface area contributed by atoms with Crippen LogP contribution in [0.5, 0.6) is 0 Å². The van der Waals surface area contributed by atoms with E-state index in [2.05, 4.69) is 18.8 Å². The van der Waals surface area contributed by atoms with Crippen molar-refractivity contribution in [3.05, 3.63) is 30.1 Å². The Bertz CT molecular complexity index is 443. The van der Waals surface area contributed by atoms with Crippen molar-refractivity contribution in [3.63, 3.8) is 0 Å². The first-order valence-corrected chi connectivity index (χ1v) is 7.98. The van der Waals surface area contributed by atoms with E-state index in [0.717, 1.165) is 24.8 Å². The Morgan fingerprint density at radius 3 is 2.57 bits per heavy atom. The maximum Gasteiger partial charge on any atom is 0.223 e. The fourth-order valence-corrected chi connectivity index (χ4v) is 2.79. The third-order valence-electron chi connectivity index (χ3n) is 4.01. The molecule has 4 nitrogen and oxygen atoms in total. The van der Waals surface area contributed by atoms with Crippen molar-refractivity contribution in [2.75, 3.05) is 6.54 Å². The molecule has 1 aliphatic rings. The molecule has 1 aromatic heterocycles. The number of carbonyl (C=O) groups excluding carboxylic acids is 1. The molecule has 1 amide bonds. The van der Waals surface area contributed by atoms with E-state index in [9.17, 15) is 4.79 Å². The average molecular weight is 289 g/mol. The Balaban J connectivity index is 1.96. The summed E-state index contributed by atoms with van der Waals surface area (Å²) in [6.45, 7) is 5.66. The number of hydrogen-bond acceptors (Lipinski definition) is 3. The van der Waals surface area contributed by atoms with E-state index in [0.29, 0.717) is 37.4 Å². The van der Waals surface area contributed by atoms with Crippen LogP contribution >= 0.6 is 0 Å². The minimum atomic E-state index is 0.255. The highest BCUT2D eigenvalue weighted by molar-refractivity contribution is 5.77. The molecular weight excluding hydrogens is 262 g/mol. The van der Waals surface area contributed by atoms with Crippen LogP contribution in [0.15, 0.2) is 24.5 Å². The average Bonchev–Trinajstić information content (AvgIpc) is 3.29. The van der Waals surface area contributed by atoms with E-state index in [1.807, 2.05) is 17.0 Å². The van der Waals surface area contributed by atoms with Gasteiger partial charge in [-0.05, 0) is 55.3 Å². The predicted molar refractivity (Wildman–Crippen MR) is 84.4 cm³/mol. The molecule has 4 heteroatoms. The lowest BCUT2D eigenvalue weighted by atomic mass is 9.93. The number of hydrogen-bond donors (Lipinski definition) is 1. The van der Waals surface area contributed by atoms with Crippen molar-refractivity contribution < 1.29 is 4.79 Å². The summed E-state index contributed by atoms with van der Waals surface area (Å²) in [7, 11) is 0. The zero-order chi connectivity index (χ0) is 15.2. The third kappa shape index (κ3) is 5.12. The highest BCUT2D eigenvalue weighted by Crippen LogP contribution is 2.30. The van der Waals surface area contributed by atoms with Crippen LogP contribution in [-0.2, 0) is 11.3 Å². The molecule has 116 valence electrons. The molecule has 1 heterocycles. The molecule has 1 saturated carbocycles. The first-order chi connectivity index (χ1) is 10.1. The van der Waals surface area contributed by atoms with E-state index in [1.165, 1.54) is 0 Å². The van der Waals surface area contributed by atoms with Crippen molar-refractivity contribution in [2.45, 2.75) is 52.1 Å². The van der Waals surface area contributed by atoms with E-state index in [-0.39, 0.29) is 5.91 Å². The lowest BCUT2D eigenvalue weighted by Crippen LogP contribution is -2.35. The van der Waals surface area contributed by atoms with E-state index >= 15 is 0 Å². The molecule has 21 heavy (non-hydrogen) atoms. The van der Waals surface area contributed by atoms with Gasteiger partial charge in [0.05, 0.1) is 0 Å². The largest absolute Gasteiger partial charge is 0.335 e. The van der Waals surface area contributed by atoms with Crippen molar-refractivity contribution in [2.24, 2.45) is 17.6 Å². The molecule has 1 fully saturated rings. The molecule has 0 spiro atoms. The molecular formula is C17H27N3O. The fraction of sp³-hybridized carbons (Fsp3) is 0.647. The summed E-state index contributed by atoms with van der Waals surface area (Å²) >= 11 is 0. The molecule has 0 aliphatic heterocycles. The van der Waals surface area contributed by atoms with Gasteiger partial charge >= 0.3 is 0 Å². The minimum absolute atomic E-state index is 0.255. The van der Waals surface area contributed by atoms with E-state index in [4.69, 9.17) is 5.73 Å². The van der Waals surface area contributed by atoms with Crippen LogP contribution in [0, 0.1) is 11.8 Å². The topological polar surface area (TPSA) is 59.2 Å². The molecule has 1 unspecified atom stereocenters. The first kappa shape index (κ1) is 16.0. The van der Waals surface area contributed by atoms with Gasteiger partial charge in [0, 0.05) is 31.4 Å². The Morgan fingerprint density at radius 2 is 2.05 bits per heavy atom. The Hall–Kier alpha value is -1.42. The van der Waals surface area contributed by atoms with Gasteiger partial charge in [-0.2, -0.15) is 0 Å². The summed E-state index contributed by atoms with van der Waals surface area (Å²) in [5.41, 5.74) is 6.99. The molecule has 0 aromatic carbocycles. The van der Waals surface area contributed by atoms with Crippen LogP contribution in [0.1, 0.15) is 45.1 Å². The van der Waals surface area contributed by atoms with Crippen LogP contribution < -0.4 is 5.73 Å². The highest BCUT2D eigenvalue weighted by atomic mass is 16.2. The van der Waals surface area contributed by atoms with E-state index in [1.54, 1.807) is 12.4 Å². The number of nitrogens with two attached hydrogens (primary N) is 1. The lowest BCUT2D eigenvalue weighted by molar-refractivity contribution is -0.133. The molecule has 1 aliphatic carbocycles. The summed E-state index contributed by atoms with van der Waals surface area (Å²) in [5, 5.41) is 0. The van der Waals surface area contributed by atoms with Gasteiger partial charge in [-0.1, -0.05) is 13.8 Å². The Kier molecular flexibility index (Phi) is 5.74. The molecule has 1 atom stereocenters. The summed E-state index contributed by atoms with van der Waals surface area (Å²) < 4.78 is 0. The lowest BCUT2D eigenvalue weighted by Gasteiger charge is -2.25. The van der Waals surface area contributed by atoms with Gasteiger partial charge in [0.25, 0.3) is 0 Å². The molecule has 2 N–H and O–H groups in total. The number of nitrogens with zero attached hydrogens (tertiary/aromatic N) is 2. The second kappa shape index (κ2) is 7.55. The molecule has 2 rings (SSSR count). The number of rotatable bonds is 8. The normalized spacial score (nSPS) is 16.0. The summed E-state index contributed by atoms with van der Waals surface area (Å²) in [6, 6.07) is 4.40. The smallest absolute Gasteiger partial charge is 0.223 e. The number of pyridine rings is 1. The van der Waals surface area contributed by atoms with Gasteiger partial charge in [-0.15, -0.1) is 0 Å². The summed E-state index contributed by atoms with van der Waals surface area (Å²) in [6.07, 6.45) is 7.44. The zero-order valence-corrected chi connectivity index (χ0v) is 13.2. The second-order valence-electron chi connectivity index (χ2n) is 6.54. The molecule has 1 aromatic rings. The molecule has 0 bridgehead atoms. The maximum absolute atomic E-state index is 12.6. The molecule has 0 radical (unpaired) electrons. The van der Waals surface area contributed by atoms with Crippen LogP contribution in [0.4, 0.5) is 0 Å².